The zero-order valence-electron chi connectivity index (χ0n) is 12.3. The summed E-state index contributed by atoms with van der Waals surface area (Å²) < 4.78 is 0. The number of rotatable bonds is 6. The van der Waals surface area contributed by atoms with Crippen molar-refractivity contribution in [2.75, 3.05) is 6.54 Å². The van der Waals surface area contributed by atoms with Crippen LogP contribution >= 0.6 is 0 Å². The zero-order valence-corrected chi connectivity index (χ0v) is 12.3. The van der Waals surface area contributed by atoms with Gasteiger partial charge in [0.25, 0.3) is 0 Å². The molecule has 1 heterocycles. The highest BCUT2D eigenvalue weighted by molar-refractivity contribution is 5.84. The number of hydrogen-bond acceptors (Lipinski definition) is 2. The van der Waals surface area contributed by atoms with Gasteiger partial charge < -0.3 is 4.90 Å². The maximum absolute atomic E-state index is 12.4. The predicted molar refractivity (Wildman–Crippen MR) is 74.1 cm³/mol. The fourth-order valence-corrected chi connectivity index (χ4v) is 2.81. The fraction of sp³-hybridized carbons (Fsp3) is 0.933. The average Bonchev–Trinajstić information content (AvgIpc) is 3.03. The van der Waals surface area contributed by atoms with Crippen molar-refractivity contribution >= 4 is 5.91 Å². The van der Waals surface area contributed by atoms with E-state index in [-0.39, 0.29) is 12.2 Å². The highest BCUT2D eigenvalue weighted by Crippen LogP contribution is 2.33. The first kappa shape index (κ1) is 13.9. The Morgan fingerprint density at radius 3 is 2.44 bits per heavy atom. The largest absolute Gasteiger partial charge is 0.326 e. The van der Waals surface area contributed by atoms with Crippen LogP contribution < -0.4 is 5.32 Å². The Labute approximate surface area is 111 Å². The summed E-state index contributed by atoms with van der Waals surface area (Å²) in [4.78, 5) is 14.5. The average molecular weight is 252 g/mol. The second-order valence-corrected chi connectivity index (χ2v) is 6.80. The third-order valence-corrected chi connectivity index (χ3v) is 4.13. The quantitative estimate of drug-likeness (QED) is 0.788. The first-order chi connectivity index (χ1) is 8.49. The first-order valence-corrected chi connectivity index (χ1v) is 7.55. The van der Waals surface area contributed by atoms with E-state index < -0.39 is 0 Å². The summed E-state index contributed by atoms with van der Waals surface area (Å²) in [7, 11) is 0. The van der Waals surface area contributed by atoms with Gasteiger partial charge in [-0.3, -0.25) is 10.1 Å². The van der Waals surface area contributed by atoms with Crippen molar-refractivity contribution < 1.29 is 4.79 Å². The Morgan fingerprint density at radius 1 is 1.28 bits per heavy atom. The van der Waals surface area contributed by atoms with Gasteiger partial charge in [-0.05, 0) is 30.6 Å². The van der Waals surface area contributed by atoms with Crippen LogP contribution in [-0.2, 0) is 4.79 Å². The molecule has 0 spiro atoms. The van der Waals surface area contributed by atoms with Crippen molar-refractivity contribution in [3.8, 4) is 0 Å². The summed E-state index contributed by atoms with van der Waals surface area (Å²) in [5.74, 6) is 2.25. The third-order valence-electron chi connectivity index (χ3n) is 4.13. The van der Waals surface area contributed by atoms with Gasteiger partial charge in [-0.2, -0.15) is 0 Å². The van der Waals surface area contributed by atoms with Crippen molar-refractivity contribution in [2.45, 2.75) is 65.6 Å². The summed E-state index contributed by atoms with van der Waals surface area (Å²) in [6.07, 6.45) is 5.28. The summed E-state index contributed by atoms with van der Waals surface area (Å²) in [5, 5.41) is 3.54. The Hall–Kier alpha value is -0.570. The highest BCUT2D eigenvalue weighted by Gasteiger charge is 2.40. The van der Waals surface area contributed by atoms with E-state index in [9.17, 15) is 4.79 Å². The second kappa shape index (κ2) is 5.60. The van der Waals surface area contributed by atoms with E-state index in [4.69, 9.17) is 0 Å². The van der Waals surface area contributed by atoms with E-state index in [0.29, 0.717) is 17.7 Å². The Kier molecular flexibility index (Phi) is 4.31. The van der Waals surface area contributed by atoms with Gasteiger partial charge in [0.2, 0.25) is 5.91 Å². The Bertz CT molecular complexity index is 297. The van der Waals surface area contributed by atoms with Gasteiger partial charge >= 0.3 is 0 Å². The molecular formula is C15H28N2O. The molecule has 1 aliphatic heterocycles. The molecule has 0 aromatic carbocycles. The number of hydrogen-bond donors (Lipinski definition) is 1. The molecule has 1 saturated heterocycles. The molecule has 1 saturated carbocycles. The highest BCUT2D eigenvalue weighted by atomic mass is 16.2. The number of nitrogens with zero attached hydrogens (tertiary/aromatic N) is 1. The van der Waals surface area contributed by atoms with Gasteiger partial charge in [-0.15, -0.1) is 0 Å². The van der Waals surface area contributed by atoms with Crippen molar-refractivity contribution in [2.24, 2.45) is 17.8 Å². The van der Waals surface area contributed by atoms with Gasteiger partial charge in [0.15, 0.2) is 0 Å². The van der Waals surface area contributed by atoms with E-state index in [2.05, 4.69) is 37.9 Å². The molecule has 3 heteroatoms. The van der Waals surface area contributed by atoms with Gasteiger partial charge in [0.1, 0.15) is 0 Å². The van der Waals surface area contributed by atoms with Crippen molar-refractivity contribution in [1.29, 1.82) is 0 Å². The Balaban J connectivity index is 1.97. The minimum Gasteiger partial charge on any atom is -0.326 e. The lowest BCUT2D eigenvalue weighted by Crippen LogP contribution is -2.39. The van der Waals surface area contributed by atoms with Gasteiger partial charge in [0, 0.05) is 6.54 Å². The molecule has 1 amide bonds. The second-order valence-electron chi connectivity index (χ2n) is 6.80. The lowest BCUT2D eigenvalue weighted by molar-refractivity contribution is -0.131. The lowest BCUT2D eigenvalue weighted by atomic mass is 10.0. The number of nitrogens with one attached hydrogen (secondary N) is 1. The van der Waals surface area contributed by atoms with Crippen LogP contribution in [-0.4, -0.2) is 29.6 Å². The van der Waals surface area contributed by atoms with Gasteiger partial charge in [0.05, 0.1) is 12.2 Å². The first-order valence-electron chi connectivity index (χ1n) is 7.55. The SMILES string of the molecule is CC(C)CC1NC(C(C)C)C(=O)N1CCC1CC1. The van der Waals surface area contributed by atoms with Crippen LogP contribution in [0.25, 0.3) is 0 Å². The van der Waals surface area contributed by atoms with Crippen LogP contribution in [0.2, 0.25) is 0 Å². The topological polar surface area (TPSA) is 32.3 Å². The standard InChI is InChI=1S/C15H28N2O/c1-10(2)9-13-16-14(11(3)4)15(18)17(13)8-7-12-5-6-12/h10-14,16H,5-9H2,1-4H3. The molecule has 1 N–H and O–H groups in total. The predicted octanol–water partition coefficient (Wildman–Crippen LogP) is 2.62. The van der Waals surface area contributed by atoms with Crippen LogP contribution in [0.4, 0.5) is 0 Å². The minimum atomic E-state index is 0.0351. The molecule has 0 radical (unpaired) electrons. The molecule has 0 aromatic rings. The van der Waals surface area contributed by atoms with E-state index >= 15 is 0 Å². The molecule has 0 aromatic heterocycles. The van der Waals surface area contributed by atoms with Crippen molar-refractivity contribution in [3.05, 3.63) is 0 Å². The molecule has 1 aliphatic carbocycles. The molecule has 0 bridgehead atoms. The molecule has 2 aliphatic rings. The monoisotopic (exact) mass is 252 g/mol. The minimum absolute atomic E-state index is 0.0351. The zero-order chi connectivity index (χ0) is 13.3. The molecule has 2 fully saturated rings. The van der Waals surface area contributed by atoms with E-state index in [1.165, 1.54) is 19.3 Å². The molecule has 3 nitrogen and oxygen atoms in total. The molecule has 2 unspecified atom stereocenters. The Morgan fingerprint density at radius 2 is 1.94 bits per heavy atom. The summed E-state index contributed by atoms with van der Waals surface area (Å²) in [6, 6.07) is 0.0351. The summed E-state index contributed by atoms with van der Waals surface area (Å²) >= 11 is 0. The van der Waals surface area contributed by atoms with Crippen LogP contribution in [0.5, 0.6) is 0 Å². The van der Waals surface area contributed by atoms with E-state index in [0.717, 1.165) is 18.9 Å². The van der Waals surface area contributed by atoms with Crippen LogP contribution in [0.15, 0.2) is 0 Å². The van der Waals surface area contributed by atoms with Crippen LogP contribution in [0, 0.1) is 17.8 Å². The molecule has 18 heavy (non-hydrogen) atoms. The molecular weight excluding hydrogens is 224 g/mol. The molecule has 104 valence electrons. The van der Waals surface area contributed by atoms with Crippen molar-refractivity contribution in [3.63, 3.8) is 0 Å². The third kappa shape index (κ3) is 3.25. The molecule has 2 rings (SSSR count). The van der Waals surface area contributed by atoms with E-state index in [1.807, 2.05) is 0 Å². The number of amides is 1. The van der Waals surface area contributed by atoms with Gasteiger partial charge in [-0.1, -0.05) is 40.5 Å². The maximum Gasteiger partial charge on any atom is 0.241 e. The summed E-state index contributed by atoms with van der Waals surface area (Å²) in [5.41, 5.74) is 0. The van der Waals surface area contributed by atoms with Crippen LogP contribution in [0.3, 0.4) is 0 Å². The number of carbonyl (C=O) groups excluding carboxylic acids is 1. The molecule has 2 atom stereocenters. The fourth-order valence-electron chi connectivity index (χ4n) is 2.81. The smallest absolute Gasteiger partial charge is 0.241 e. The van der Waals surface area contributed by atoms with Crippen LogP contribution in [0.1, 0.15) is 53.4 Å². The summed E-state index contributed by atoms with van der Waals surface area (Å²) in [6.45, 7) is 9.68. The normalized spacial score (nSPS) is 28.8. The maximum atomic E-state index is 12.4. The van der Waals surface area contributed by atoms with E-state index in [1.54, 1.807) is 0 Å². The lowest BCUT2D eigenvalue weighted by Gasteiger charge is -2.25. The van der Waals surface area contributed by atoms with Crippen molar-refractivity contribution in [1.82, 2.24) is 10.2 Å². The number of carbonyl (C=O) groups is 1. The van der Waals surface area contributed by atoms with Gasteiger partial charge in [-0.25, -0.2) is 0 Å².